The van der Waals surface area contributed by atoms with Gasteiger partial charge in [-0.2, -0.15) is 0 Å². The van der Waals surface area contributed by atoms with Crippen LogP contribution in [0.15, 0.2) is 35.2 Å². The van der Waals surface area contributed by atoms with Crippen molar-refractivity contribution in [3.05, 3.63) is 30.3 Å². The Hall–Kier alpha value is -1.07. The summed E-state index contributed by atoms with van der Waals surface area (Å²) in [4.78, 5) is 15.7. The Morgan fingerprint density at radius 2 is 2.00 bits per heavy atom. The van der Waals surface area contributed by atoms with E-state index in [1.165, 1.54) is 0 Å². The van der Waals surface area contributed by atoms with Gasteiger partial charge in [0.05, 0.1) is 10.7 Å². The first-order chi connectivity index (χ1) is 9.49. The molecular weight excluding hydrogens is 288 g/mol. The molecule has 0 aliphatic heterocycles. The van der Waals surface area contributed by atoms with Gasteiger partial charge in [-0.1, -0.05) is 44.3 Å². The highest BCUT2D eigenvalue weighted by atomic mass is 32.2. The van der Waals surface area contributed by atoms with E-state index in [0.29, 0.717) is 29.6 Å². The molecule has 0 aliphatic rings. The number of hydrogen-bond acceptors (Lipinski definition) is 3. The molecule has 2 N–H and O–H groups in total. The van der Waals surface area contributed by atoms with Crippen LogP contribution < -0.4 is 5.73 Å². The van der Waals surface area contributed by atoms with Gasteiger partial charge in [0, 0.05) is 24.4 Å². The predicted molar refractivity (Wildman–Crippen MR) is 90.0 cm³/mol. The van der Waals surface area contributed by atoms with E-state index in [9.17, 15) is 4.79 Å². The quantitative estimate of drug-likeness (QED) is 0.592. The number of amides is 1. The Bertz CT molecular complexity index is 435. The number of hydrogen-bond donors (Lipinski definition) is 1. The van der Waals surface area contributed by atoms with Crippen LogP contribution in [0.5, 0.6) is 0 Å². The summed E-state index contributed by atoms with van der Waals surface area (Å²) >= 11 is 6.45. The molecule has 3 nitrogen and oxygen atoms in total. The fraction of sp³-hybridized carbons (Fsp3) is 0.467. The molecule has 1 amide bonds. The highest BCUT2D eigenvalue weighted by Gasteiger charge is 2.15. The van der Waals surface area contributed by atoms with Gasteiger partial charge < -0.3 is 10.6 Å². The SMILES string of the molecule is CC(C)CN(CCC(N)=S)C(=O)CSc1ccccc1. The number of nitrogens with zero attached hydrogens (tertiary/aromatic N) is 1. The Labute approximate surface area is 130 Å². The lowest BCUT2D eigenvalue weighted by molar-refractivity contribution is -0.128. The Morgan fingerprint density at radius 1 is 1.35 bits per heavy atom. The molecule has 0 fully saturated rings. The number of carbonyl (C=O) groups excluding carboxylic acids is 1. The van der Waals surface area contributed by atoms with Crippen molar-refractivity contribution in [2.45, 2.75) is 25.2 Å². The minimum Gasteiger partial charge on any atom is -0.393 e. The molecule has 0 unspecified atom stereocenters. The lowest BCUT2D eigenvalue weighted by Crippen LogP contribution is -2.37. The van der Waals surface area contributed by atoms with Crippen LogP contribution in [-0.2, 0) is 4.79 Å². The van der Waals surface area contributed by atoms with Crippen LogP contribution in [0, 0.1) is 5.92 Å². The van der Waals surface area contributed by atoms with E-state index >= 15 is 0 Å². The van der Waals surface area contributed by atoms with Crippen LogP contribution in [-0.4, -0.2) is 34.6 Å². The van der Waals surface area contributed by atoms with E-state index < -0.39 is 0 Å². The van der Waals surface area contributed by atoms with Gasteiger partial charge in [0.1, 0.15) is 0 Å². The minimum atomic E-state index is 0.142. The van der Waals surface area contributed by atoms with Gasteiger partial charge in [-0.05, 0) is 18.1 Å². The zero-order chi connectivity index (χ0) is 15.0. The van der Waals surface area contributed by atoms with Crippen LogP contribution in [0.2, 0.25) is 0 Å². The van der Waals surface area contributed by atoms with Crippen LogP contribution in [0.25, 0.3) is 0 Å². The van der Waals surface area contributed by atoms with Gasteiger partial charge in [0.25, 0.3) is 0 Å². The van der Waals surface area contributed by atoms with Gasteiger partial charge in [0.15, 0.2) is 0 Å². The normalized spacial score (nSPS) is 10.6. The first-order valence-corrected chi connectivity index (χ1v) is 8.12. The van der Waals surface area contributed by atoms with Gasteiger partial charge >= 0.3 is 0 Å². The van der Waals surface area contributed by atoms with E-state index in [2.05, 4.69) is 13.8 Å². The van der Waals surface area contributed by atoms with Gasteiger partial charge in [-0.3, -0.25) is 4.79 Å². The second-order valence-corrected chi connectivity index (χ2v) is 6.62. The van der Waals surface area contributed by atoms with Crippen molar-refractivity contribution in [3.8, 4) is 0 Å². The summed E-state index contributed by atoms with van der Waals surface area (Å²) in [6.45, 7) is 5.56. The van der Waals surface area contributed by atoms with Crippen LogP contribution in [0.3, 0.4) is 0 Å². The van der Waals surface area contributed by atoms with E-state index in [0.717, 1.165) is 11.4 Å². The number of benzene rings is 1. The first kappa shape index (κ1) is 17.0. The van der Waals surface area contributed by atoms with Crippen molar-refractivity contribution in [2.75, 3.05) is 18.8 Å². The lowest BCUT2D eigenvalue weighted by atomic mass is 10.2. The molecule has 0 aliphatic carbocycles. The minimum absolute atomic E-state index is 0.142. The van der Waals surface area contributed by atoms with E-state index in [4.69, 9.17) is 18.0 Å². The topological polar surface area (TPSA) is 46.3 Å². The second-order valence-electron chi connectivity index (χ2n) is 5.05. The zero-order valence-corrected chi connectivity index (χ0v) is 13.7. The average Bonchev–Trinajstić information content (AvgIpc) is 2.41. The fourth-order valence-corrected chi connectivity index (χ4v) is 2.67. The second kappa shape index (κ2) is 8.97. The monoisotopic (exact) mass is 310 g/mol. The Morgan fingerprint density at radius 3 is 2.55 bits per heavy atom. The molecule has 110 valence electrons. The highest BCUT2D eigenvalue weighted by molar-refractivity contribution is 8.00. The third-order valence-electron chi connectivity index (χ3n) is 2.67. The summed E-state index contributed by atoms with van der Waals surface area (Å²) in [7, 11) is 0. The molecule has 0 radical (unpaired) electrons. The van der Waals surface area contributed by atoms with Gasteiger partial charge in [-0.15, -0.1) is 11.8 Å². The molecular formula is C15H22N2OS2. The van der Waals surface area contributed by atoms with Gasteiger partial charge in [-0.25, -0.2) is 0 Å². The van der Waals surface area contributed by atoms with Crippen LogP contribution >= 0.6 is 24.0 Å². The molecule has 5 heteroatoms. The summed E-state index contributed by atoms with van der Waals surface area (Å²) in [5, 5.41) is 0. The lowest BCUT2D eigenvalue weighted by Gasteiger charge is -2.24. The molecule has 0 spiro atoms. The van der Waals surface area contributed by atoms with E-state index in [1.54, 1.807) is 11.8 Å². The van der Waals surface area contributed by atoms with Crippen molar-refractivity contribution >= 4 is 34.9 Å². The third-order valence-corrected chi connectivity index (χ3v) is 3.87. The van der Waals surface area contributed by atoms with Crippen LogP contribution in [0.4, 0.5) is 0 Å². The maximum absolute atomic E-state index is 12.3. The summed E-state index contributed by atoms with van der Waals surface area (Å²) in [6.07, 6.45) is 0.587. The van der Waals surface area contributed by atoms with Crippen molar-refractivity contribution in [1.29, 1.82) is 0 Å². The largest absolute Gasteiger partial charge is 0.393 e. The molecule has 20 heavy (non-hydrogen) atoms. The van der Waals surface area contributed by atoms with E-state index in [-0.39, 0.29) is 5.91 Å². The number of carbonyl (C=O) groups is 1. The van der Waals surface area contributed by atoms with Gasteiger partial charge in [0.2, 0.25) is 5.91 Å². The predicted octanol–water partition coefficient (Wildman–Crippen LogP) is 2.94. The van der Waals surface area contributed by atoms with E-state index in [1.807, 2.05) is 35.2 Å². The highest BCUT2D eigenvalue weighted by Crippen LogP contribution is 2.17. The third kappa shape index (κ3) is 6.91. The summed E-state index contributed by atoms with van der Waals surface area (Å²) in [5.41, 5.74) is 5.52. The van der Waals surface area contributed by atoms with Crippen molar-refractivity contribution in [1.82, 2.24) is 4.90 Å². The maximum atomic E-state index is 12.3. The Kier molecular flexibility index (Phi) is 7.62. The van der Waals surface area contributed by atoms with Crippen LogP contribution in [0.1, 0.15) is 20.3 Å². The maximum Gasteiger partial charge on any atom is 0.232 e. The molecule has 0 saturated heterocycles. The van der Waals surface area contributed by atoms with Crippen molar-refractivity contribution in [2.24, 2.45) is 11.7 Å². The molecule has 1 aromatic rings. The first-order valence-electron chi connectivity index (χ1n) is 6.73. The zero-order valence-electron chi connectivity index (χ0n) is 12.0. The number of thioether (sulfide) groups is 1. The molecule has 0 atom stereocenters. The molecule has 0 aromatic heterocycles. The standard InChI is InChI=1S/C15H22N2OS2/c1-12(2)10-17(9-8-14(16)19)15(18)11-20-13-6-4-3-5-7-13/h3-7,12H,8-11H2,1-2H3,(H2,16,19). The smallest absolute Gasteiger partial charge is 0.232 e. The molecule has 0 heterocycles. The number of nitrogens with two attached hydrogens (primary N) is 1. The molecule has 0 saturated carbocycles. The fourth-order valence-electron chi connectivity index (χ4n) is 1.76. The van der Waals surface area contributed by atoms with Crippen molar-refractivity contribution < 1.29 is 4.79 Å². The number of thiocarbonyl (C=S) groups is 1. The summed E-state index contributed by atoms with van der Waals surface area (Å²) < 4.78 is 0. The Balaban J connectivity index is 2.51. The molecule has 1 rings (SSSR count). The summed E-state index contributed by atoms with van der Waals surface area (Å²) in [6, 6.07) is 9.95. The number of rotatable bonds is 8. The summed E-state index contributed by atoms with van der Waals surface area (Å²) in [5.74, 6) is 1.03. The molecule has 0 bridgehead atoms. The molecule has 1 aromatic carbocycles. The average molecular weight is 310 g/mol. The van der Waals surface area contributed by atoms with Crippen molar-refractivity contribution in [3.63, 3.8) is 0 Å².